The number of nitrogens with one attached hydrogen (secondary N) is 3. The second-order valence-electron chi connectivity index (χ2n) is 4.56. The maximum Gasteiger partial charge on any atom is 0.321 e. The molecule has 0 saturated heterocycles. The van der Waals surface area contributed by atoms with Crippen molar-refractivity contribution in [2.45, 2.75) is 18.9 Å². The summed E-state index contributed by atoms with van der Waals surface area (Å²) in [5, 5.41) is 18.1. The van der Waals surface area contributed by atoms with E-state index in [4.69, 9.17) is 16.7 Å². The molecule has 4 N–H and O–H groups in total. The van der Waals surface area contributed by atoms with Gasteiger partial charge in [0.25, 0.3) is 0 Å². The molecule has 1 atom stereocenters. The first kappa shape index (κ1) is 17.4. The van der Waals surface area contributed by atoms with Gasteiger partial charge in [-0.3, -0.25) is 9.59 Å². The van der Waals surface area contributed by atoms with Crippen molar-refractivity contribution in [3.05, 3.63) is 29.3 Å². The average molecular weight is 314 g/mol. The molecular formula is C14H20ClN3O3. The van der Waals surface area contributed by atoms with E-state index < -0.39 is 12.0 Å². The van der Waals surface area contributed by atoms with Crippen LogP contribution in [0, 0.1) is 0 Å². The number of amides is 1. The molecule has 1 amide bonds. The van der Waals surface area contributed by atoms with E-state index in [1.165, 1.54) is 0 Å². The number of hydrogen-bond donors (Lipinski definition) is 4. The average Bonchev–Trinajstić information content (AvgIpc) is 2.44. The first-order chi connectivity index (χ1) is 10.0. The van der Waals surface area contributed by atoms with E-state index in [1.54, 1.807) is 24.3 Å². The molecule has 0 bridgehead atoms. The van der Waals surface area contributed by atoms with Crippen LogP contribution in [0.3, 0.4) is 0 Å². The van der Waals surface area contributed by atoms with Crippen LogP contribution >= 0.6 is 11.6 Å². The predicted octanol–water partition coefficient (Wildman–Crippen LogP) is 1.32. The maximum absolute atomic E-state index is 11.8. The third-order valence-corrected chi connectivity index (χ3v) is 3.06. The number of aliphatic carboxylic acids is 1. The van der Waals surface area contributed by atoms with Crippen molar-refractivity contribution < 1.29 is 14.7 Å². The standard InChI is InChI=1S/C14H20ClN3O3/c1-16-7-2-8-17-12(14(20)21)9-13(19)18-11-5-3-10(15)4-6-11/h3-6,12,16-17H,2,7-9H2,1H3,(H,18,19)(H,20,21)/t12-/m0/s1. The highest BCUT2D eigenvalue weighted by molar-refractivity contribution is 6.30. The van der Waals surface area contributed by atoms with Crippen molar-refractivity contribution >= 4 is 29.2 Å². The van der Waals surface area contributed by atoms with Crippen molar-refractivity contribution in [1.82, 2.24) is 10.6 Å². The van der Waals surface area contributed by atoms with Gasteiger partial charge in [-0.2, -0.15) is 0 Å². The molecule has 0 aliphatic heterocycles. The quantitative estimate of drug-likeness (QED) is 0.516. The molecule has 0 aromatic heterocycles. The van der Waals surface area contributed by atoms with E-state index in [2.05, 4.69) is 16.0 Å². The summed E-state index contributed by atoms with van der Waals surface area (Å²) in [5.74, 6) is -1.39. The predicted molar refractivity (Wildman–Crippen MR) is 82.7 cm³/mol. The zero-order chi connectivity index (χ0) is 15.7. The molecule has 0 fully saturated rings. The fourth-order valence-electron chi connectivity index (χ4n) is 1.72. The number of carbonyl (C=O) groups excluding carboxylic acids is 1. The molecular weight excluding hydrogens is 294 g/mol. The Bertz CT molecular complexity index is 465. The molecule has 6 nitrogen and oxygen atoms in total. The van der Waals surface area contributed by atoms with Crippen LogP contribution in [0.25, 0.3) is 0 Å². The lowest BCUT2D eigenvalue weighted by molar-refractivity contribution is -0.141. The van der Waals surface area contributed by atoms with Gasteiger partial charge >= 0.3 is 5.97 Å². The monoisotopic (exact) mass is 313 g/mol. The minimum atomic E-state index is -1.04. The highest BCUT2D eigenvalue weighted by Gasteiger charge is 2.20. The van der Waals surface area contributed by atoms with Gasteiger partial charge < -0.3 is 21.1 Å². The Morgan fingerprint density at radius 2 is 1.90 bits per heavy atom. The molecule has 0 heterocycles. The van der Waals surface area contributed by atoms with Crippen molar-refractivity contribution in [2.75, 3.05) is 25.5 Å². The Balaban J connectivity index is 2.44. The Morgan fingerprint density at radius 3 is 2.48 bits per heavy atom. The molecule has 0 unspecified atom stereocenters. The Hall–Kier alpha value is -1.63. The highest BCUT2D eigenvalue weighted by atomic mass is 35.5. The fraction of sp³-hybridized carbons (Fsp3) is 0.429. The Labute approximate surface area is 128 Å². The molecule has 1 aromatic rings. The highest BCUT2D eigenvalue weighted by Crippen LogP contribution is 2.13. The Kier molecular flexibility index (Phi) is 7.74. The van der Waals surface area contributed by atoms with Crippen molar-refractivity contribution in [1.29, 1.82) is 0 Å². The molecule has 0 aliphatic carbocycles. The van der Waals surface area contributed by atoms with E-state index >= 15 is 0 Å². The fourth-order valence-corrected chi connectivity index (χ4v) is 1.84. The van der Waals surface area contributed by atoms with Crippen LogP contribution in [-0.4, -0.2) is 43.2 Å². The number of halogens is 1. The van der Waals surface area contributed by atoms with Crippen LogP contribution in [0.4, 0.5) is 5.69 Å². The summed E-state index contributed by atoms with van der Waals surface area (Å²) in [7, 11) is 1.83. The van der Waals surface area contributed by atoms with Gasteiger partial charge in [0.05, 0.1) is 6.42 Å². The van der Waals surface area contributed by atoms with Gasteiger partial charge in [0, 0.05) is 10.7 Å². The van der Waals surface area contributed by atoms with Gasteiger partial charge in [0.2, 0.25) is 5.91 Å². The molecule has 1 aromatic carbocycles. The second kappa shape index (κ2) is 9.33. The maximum atomic E-state index is 11.8. The summed E-state index contributed by atoms with van der Waals surface area (Å²) >= 11 is 5.75. The minimum Gasteiger partial charge on any atom is -0.480 e. The SMILES string of the molecule is CNCCCN[C@@H](CC(=O)Nc1ccc(Cl)cc1)C(=O)O. The lowest BCUT2D eigenvalue weighted by Gasteiger charge is -2.14. The zero-order valence-electron chi connectivity index (χ0n) is 11.9. The number of hydrogen-bond acceptors (Lipinski definition) is 4. The lowest BCUT2D eigenvalue weighted by Crippen LogP contribution is -2.40. The van der Waals surface area contributed by atoms with Gasteiger partial charge in [0.15, 0.2) is 0 Å². The zero-order valence-corrected chi connectivity index (χ0v) is 12.6. The topological polar surface area (TPSA) is 90.5 Å². The van der Waals surface area contributed by atoms with E-state index in [0.717, 1.165) is 13.0 Å². The summed E-state index contributed by atoms with van der Waals surface area (Å²) in [5.41, 5.74) is 0.587. The van der Waals surface area contributed by atoms with Gasteiger partial charge in [-0.25, -0.2) is 0 Å². The van der Waals surface area contributed by atoms with Crippen molar-refractivity contribution in [2.24, 2.45) is 0 Å². The number of carbonyl (C=O) groups is 2. The molecule has 0 saturated carbocycles. The summed E-state index contributed by atoms with van der Waals surface area (Å²) in [6.07, 6.45) is 0.663. The van der Waals surface area contributed by atoms with Crippen molar-refractivity contribution in [3.63, 3.8) is 0 Å². The number of carboxylic acid groups (broad SMARTS) is 1. The van der Waals surface area contributed by atoms with Crippen LogP contribution in [0.15, 0.2) is 24.3 Å². The van der Waals surface area contributed by atoms with Crippen molar-refractivity contribution in [3.8, 4) is 0 Å². The first-order valence-corrected chi connectivity index (χ1v) is 7.07. The normalized spacial score (nSPS) is 11.9. The van der Waals surface area contributed by atoms with Crippen LogP contribution < -0.4 is 16.0 Å². The van der Waals surface area contributed by atoms with E-state index in [0.29, 0.717) is 17.3 Å². The number of anilines is 1. The van der Waals surface area contributed by atoms with Crippen LogP contribution in [0.1, 0.15) is 12.8 Å². The molecule has 116 valence electrons. The van der Waals surface area contributed by atoms with Gasteiger partial charge in [0.1, 0.15) is 6.04 Å². The minimum absolute atomic E-state index is 0.127. The van der Waals surface area contributed by atoms with Gasteiger partial charge in [-0.1, -0.05) is 11.6 Å². The summed E-state index contributed by atoms with van der Waals surface area (Å²) in [4.78, 5) is 23.0. The van der Waals surface area contributed by atoms with E-state index in [-0.39, 0.29) is 12.3 Å². The number of benzene rings is 1. The van der Waals surface area contributed by atoms with Crippen LogP contribution in [-0.2, 0) is 9.59 Å². The molecule has 1 rings (SSSR count). The lowest BCUT2D eigenvalue weighted by atomic mass is 10.2. The summed E-state index contributed by atoms with van der Waals surface area (Å²) < 4.78 is 0. The van der Waals surface area contributed by atoms with E-state index in [1.807, 2.05) is 7.05 Å². The largest absolute Gasteiger partial charge is 0.480 e. The van der Waals surface area contributed by atoms with Gasteiger partial charge in [-0.05, 0) is 50.8 Å². The number of carboxylic acids is 1. The van der Waals surface area contributed by atoms with E-state index in [9.17, 15) is 9.59 Å². The molecule has 21 heavy (non-hydrogen) atoms. The van der Waals surface area contributed by atoms with Gasteiger partial charge in [-0.15, -0.1) is 0 Å². The van der Waals surface area contributed by atoms with Crippen LogP contribution in [0.5, 0.6) is 0 Å². The Morgan fingerprint density at radius 1 is 1.24 bits per heavy atom. The summed E-state index contributed by atoms with van der Waals surface area (Å²) in [6.45, 7) is 1.32. The second-order valence-corrected chi connectivity index (χ2v) is 5.00. The number of rotatable bonds is 9. The summed E-state index contributed by atoms with van der Waals surface area (Å²) in [6, 6.07) is 5.74. The third kappa shape index (κ3) is 7.08. The first-order valence-electron chi connectivity index (χ1n) is 6.69. The van der Waals surface area contributed by atoms with Crippen LogP contribution in [0.2, 0.25) is 5.02 Å². The smallest absolute Gasteiger partial charge is 0.321 e. The molecule has 0 aliphatic rings. The third-order valence-electron chi connectivity index (χ3n) is 2.81. The molecule has 7 heteroatoms. The molecule has 0 spiro atoms. The molecule has 0 radical (unpaired) electrons.